The summed E-state index contributed by atoms with van der Waals surface area (Å²) in [6.07, 6.45) is 13.8. The average Bonchev–Trinajstić information content (AvgIpc) is 3.13. The molecule has 2 aliphatic carbocycles. The van der Waals surface area contributed by atoms with E-state index in [0.29, 0.717) is 35.5 Å². The Labute approximate surface area is 152 Å². The van der Waals surface area contributed by atoms with Gasteiger partial charge in [0.25, 0.3) is 0 Å². The second-order valence-electron chi connectivity index (χ2n) is 9.17. The standard InChI is InChI=1S/C21H34N2O2/c24-19(22-12-4-5-13-22)9-8-18-15-23(20(25)14-17-6-7-17)16-21(18)10-2-1-3-11-21/h17-18H,1-16H2. The summed E-state index contributed by atoms with van der Waals surface area (Å²) in [6, 6.07) is 0. The monoisotopic (exact) mass is 346 g/mol. The molecule has 4 heteroatoms. The zero-order valence-electron chi connectivity index (χ0n) is 15.7. The molecule has 0 radical (unpaired) electrons. The Kier molecular flexibility index (Phi) is 5.06. The maximum absolute atomic E-state index is 12.7. The zero-order chi connectivity index (χ0) is 17.3. The first kappa shape index (κ1) is 17.4. The van der Waals surface area contributed by atoms with Gasteiger partial charge in [0.1, 0.15) is 0 Å². The fraction of sp³-hybridized carbons (Fsp3) is 0.905. The number of rotatable bonds is 5. The molecule has 1 atom stereocenters. The topological polar surface area (TPSA) is 40.6 Å². The Bertz CT molecular complexity index is 502. The third-order valence-corrected chi connectivity index (χ3v) is 7.34. The molecule has 1 unspecified atom stereocenters. The van der Waals surface area contributed by atoms with Crippen molar-refractivity contribution in [1.29, 1.82) is 0 Å². The first-order valence-electron chi connectivity index (χ1n) is 10.7. The molecule has 0 aromatic carbocycles. The molecule has 4 rings (SSSR count). The summed E-state index contributed by atoms with van der Waals surface area (Å²) in [5.74, 6) is 1.96. The first-order valence-corrected chi connectivity index (χ1v) is 10.7. The molecule has 4 aliphatic rings. The number of likely N-dealkylation sites (tertiary alicyclic amines) is 2. The third-order valence-electron chi connectivity index (χ3n) is 7.34. The number of nitrogens with zero attached hydrogens (tertiary/aromatic N) is 2. The van der Waals surface area contributed by atoms with Gasteiger partial charge in [-0.1, -0.05) is 19.3 Å². The van der Waals surface area contributed by atoms with E-state index in [1.54, 1.807) is 0 Å². The second kappa shape index (κ2) is 7.28. The third kappa shape index (κ3) is 3.88. The van der Waals surface area contributed by atoms with Crippen LogP contribution in [0, 0.1) is 17.3 Å². The maximum Gasteiger partial charge on any atom is 0.222 e. The summed E-state index contributed by atoms with van der Waals surface area (Å²) in [5.41, 5.74) is 0.322. The van der Waals surface area contributed by atoms with Crippen molar-refractivity contribution in [2.24, 2.45) is 17.3 Å². The molecule has 4 fully saturated rings. The van der Waals surface area contributed by atoms with Crippen LogP contribution in [-0.2, 0) is 9.59 Å². The van der Waals surface area contributed by atoms with Crippen molar-refractivity contribution in [2.45, 2.75) is 77.0 Å². The highest BCUT2D eigenvalue weighted by Crippen LogP contribution is 2.49. The lowest BCUT2D eigenvalue weighted by Gasteiger charge is -2.38. The fourth-order valence-corrected chi connectivity index (χ4v) is 5.56. The summed E-state index contributed by atoms with van der Waals surface area (Å²) in [4.78, 5) is 29.4. The van der Waals surface area contributed by atoms with Crippen LogP contribution in [0.3, 0.4) is 0 Å². The van der Waals surface area contributed by atoms with Gasteiger partial charge in [0, 0.05) is 39.0 Å². The molecule has 140 valence electrons. The van der Waals surface area contributed by atoms with Crippen molar-refractivity contribution >= 4 is 11.8 Å². The van der Waals surface area contributed by atoms with Crippen LogP contribution in [0.25, 0.3) is 0 Å². The summed E-state index contributed by atoms with van der Waals surface area (Å²) in [7, 11) is 0. The van der Waals surface area contributed by atoms with Crippen molar-refractivity contribution in [3.05, 3.63) is 0 Å². The van der Waals surface area contributed by atoms with Crippen LogP contribution in [0.5, 0.6) is 0 Å². The summed E-state index contributed by atoms with van der Waals surface area (Å²) in [5, 5.41) is 0. The van der Waals surface area contributed by atoms with E-state index in [1.807, 2.05) is 0 Å². The maximum atomic E-state index is 12.7. The molecule has 0 N–H and O–H groups in total. The van der Waals surface area contributed by atoms with Gasteiger partial charge in [0.2, 0.25) is 11.8 Å². The quantitative estimate of drug-likeness (QED) is 0.763. The Morgan fingerprint density at radius 3 is 2.28 bits per heavy atom. The summed E-state index contributed by atoms with van der Waals surface area (Å²) < 4.78 is 0. The van der Waals surface area contributed by atoms with Crippen molar-refractivity contribution in [3.8, 4) is 0 Å². The van der Waals surface area contributed by atoms with Crippen LogP contribution in [0.2, 0.25) is 0 Å². The van der Waals surface area contributed by atoms with Crippen molar-refractivity contribution < 1.29 is 9.59 Å². The van der Waals surface area contributed by atoms with E-state index in [-0.39, 0.29) is 0 Å². The lowest BCUT2D eigenvalue weighted by atomic mass is 9.66. The summed E-state index contributed by atoms with van der Waals surface area (Å²) >= 11 is 0. The van der Waals surface area contributed by atoms with E-state index in [0.717, 1.165) is 39.0 Å². The van der Waals surface area contributed by atoms with Gasteiger partial charge < -0.3 is 9.80 Å². The molecular weight excluding hydrogens is 312 g/mol. The lowest BCUT2D eigenvalue weighted by Crippen LogP contribution is -2.35. The Morgan fingerprint density at radius 2 is 1.60 bits per heavy atom. The van der Waals surface area contributed by atoms with Crippen LogP contribution >= 0.6 is 0 Å². The number of hydrogen-bond acceptors (Lipinski definition) is 2. The van der Waals surface area contributed by atoms with Gasteiger partial charge in [-0.05, 0) is 62.2 Å². The Hall–Kier alpha value is -1.06. The molecule has 1 spiro atoms. The molecule has 25 heavy (non-hydrogen) atoms. The minimum atomic E-state index is 0.322. The molecule has 0 aromatic heterocycles. The highest BCUT2D eigenvalue weighted by molar-refractivity contribution is 5.77. The number of carbonyl (C=O) groups is 2. The Balaban J connectivity index is 1.38. The van der Waals surface area contributed by atoms with Gasteiger partial charge in [-0.2, -0.15) is 0 Å². The van der Waals surface area contributed by atoms with E-state index in [2.05, 4.69) is 9.80 Å². The minimum Gasteiger partial charge on any atom is -0.343 e. The Morgan fingerprint density at radius 1 is 0.880 bits per heavy atom. The molecule has 2 saturated heterocycles. The van der Waals surface area contributed by atoms with Gasteiger partial charge in [-0.3, -0.25) is 9.59 Å². The lowest BCUT2D eigenvalue weighted by molar-refractivity contribution is -0.131. The molecule has 0 bridgehead atoms. The first-order chi connectivity index (χ1) is 12.2. The van der Waals surface area contributed by atoms with Crippen molar-refractivity contribution in [3.63, 3.8) is 0 Å². The van der Waals surface area contributed by atoms with Crippen LogP contribution in [0.1, 0.15) is 77.0 Å². The molecule has 2 heterocycles. The second-order valence-corrected chi connectivity index (χ2v) is 9.17. The van der Waals surface area contributed by atoms with Gasteiger partial charge in [-0.25, -0.2) is 0 Å². The number of hydrogen-bond donors (Lipinski definition) is 0. The molecule has 2 aliphatic heterocycles. The fourth-order valence-electron chi connectivity index (χ4n) is 5.56. The highest BCUT2D eigenvalue weighted by atomic mass is 16.2. The van der Waals surface area contributed by atoms with Crippen LogP contribution in [-0.4, -0.2) is 47.8 Å². The average molecular weight is 347 g/mol. The van der Waals surface area contributed by atoms with Gasteiger partial charge >= 0.3 is 0 Å². The molecule has 0 aromatic rings. The van der Waals surface area contributed by atoms with Crippen molar-refractivity contribution in [2.75, 3.05) is 26.2 Å². The van der Waals surface area contributed by atoms with E-state index in [9.17, 15) is 9.59 Å². The highest BCUT2D eigenvalue weighted by Gasteiger charge is 2.48. The van der Waals surface area contributed by atoms with Gasteiger partial charge in [-0.15, -0.1) is 0 Å². The van der Waals surface area contributed by atoms with E-state index in [4.69, 9.17) is 0 Å². The van der Waals surface area contributed by atoms with Gasteiger partial charge in [0.15, 0.2) is 0 Å². The van der Waals surface area contributed by atoms with Crippen molar-refractivity contribution in [1.82, 2.24) is 9.80 Å². The molecule has 2 amide bonds. The predicted molar refractivity (Wildman–Crippen MR) is 98.0 cm³/mol. The summed E-state index contributed by atoms with van der Waals surface area (Å²) in [6.45, 7) is 3.81. The molecule has 2 saturated carbocycles. The zero-order valence-corrected chi connectivity index (χ0v) is 15.7. The SMILES string of the molecule is O=C(CCC1CN(C(=O)CC2CC2)CC12CCCCC2)N1CCCC1. The van der Waals surface area contributed by atoms with E-state index < -0.39 is 0 Å². The minimum absolute atomic E-state index is 0.322. The van der Waals surface area contributed by atoms with Crippen LogP contribution < -0.4 is 0 Å². The predicted octanol–water partition coefficient (Wildman–Crippen LogP) is 3.60. The smallest absolute Gasteiger partial charge is 0.222 e. The largest absolute Gasteiger partial charge is 0.343 e. The normalized spacial score (nSPS) is 28.7. The van der Waals surface area contributed by atoms with Crippen LogP contribution in [0.15, 0.2) is 0 Å². The number of amides is 2. The van der Waals surface area contributed by atoms with Crippen LogP contribution in [0.4, 0.5) is 0 Å². The van der Waals surface area contributed by atoms with Gasteiger partial charge in [0.05, 0.1) is 0 Å². The van der Waals surface area contributed by atoms with E-state index in [1.165, 1.54) is 57.8 Å². The molecular formula is C21H34N2O2. The van der Waals surface area contributed by atoms with E-state index >= 15 is 0 Å². The number of carbonyl (C=O) groups excluding carboxylic acids is 2. The molecule has 4 nitrogen and oxygen atoms in total.